The summed E-state index contributed by atoms with van der Waals surface area (Å²) in [5, 5.41) is 1.43. The third-order valence-electron chi connectivity index (χ3n) is 2.33. The Hall–Kier alpha value is -1.13. The zero-order valence-corrected chi connectivity index (χ0v) is 11.5. The minimum absolute atomic E-state index is 0.508. The van der Waals surface area contributed by atoms with Gasteiger partial charge in [0.05, 0.1) is 12.0 Å². The Labute approximate surface area is 107 Å². The highest BCUT2D eigenvalue weighted by atomic mass is 35.5. The van der Waals surface area contributed by atoms with Gasteiger partial charge in [0.1, 0.15) is 17.1 Å². The maximum absolute atomic E-state index is 6.01. The minimum atomic E-state index is 0.508. The summed E-state index contributed by atoms with van der Waals surface area (Å²) in [6.45, 7) is 7.43. The molecule has 2 heterocycles. The van der Waals surface area contributed by atoms with Gasteiger partial charge in [0.2, 0.25) is 0 Å². The summed E-state index contributed by atoms with van der Waals surface area (Å²) in [7, 11) is 1.68. The molecule has 0 radical (unpaired) electrons. The lowest BCUT2D eigenvalue weighted by atomic mass is 10.3. The van der Waals surface area contributed by atoms with Crippen LogP contribution in [0.15, 0.2) is 12.5 Å². The number of fused-ring (bicyclic) bond motifs is 1. The van der Waals surface area contributed by atoms with Crippen LogP contribution in [0.2, 0.25) is 5.15 Å². The number of aromatic nitrogens is 3. The summed E-state index contributed by atoms with van der Waals surface area (Å²) in [4.78, 5) is 8.20. The van der Waals surface area contributed by atoms with Gasteiger partial charge in [0.15, 0.2) is 0 Å². The van der Waals surface area contributed by atoms with Crippen LogP contribution < -0.4 is 0 Å². The lowest BCUT2D eigenvalue weighted by Gasteiger charge is -2.02. The van der Waals surface area contributed by atoms with Crippen molar-refractivity contribution in [2.45, 2.75) is 27.3 Å². The van der Waals surface area contributed by atoms with Gasteiger partial charge in [0, 0.05) is 19.9 Å². The number of hydrogen-bond donors (Lipinski definition) is 0. The van der Waals surface area contributed by atoms with Gasteiger partial charge >= 0.3 is 0 Å². The fraction of sp³-hybridized carbons (Fsp3) is 0.500. The lowest BCUT2D eigenvalue weighted by Crippen LogP contribution is -2.03. The molecule has 0 aliphatic carbocycles. The first-order valence-corrected chi connectivity index (χ1v) is 6.06. The van der Waals surface area contributed by atoms with Gasteiger partial charge in [0.25, 0.3) is 0 Å². The molecule has 0 atom stereocenters. The first-order chi connectivity index (χ1) is 8.24. The summed E-state index contributed by atoms with van der Waals surface area (Å²) in [5.41, 5.74) is 1.95. The van der Waals surface area contributed by atoms with Gasteiger partial charge < -0.3 is 9.30 Å². The Balaban J connectivity index is 0.000000686. The van der Waals surface area contributed by atoms with E-state index in [2.05, 4.69) is 9.97 Å². The van der Waals surface area contributed by atoms with Crippen molar-refractivity contribution in [2.75, 3.05) is 13.7 Å². The number of halogens is 1. The maximum Gasteiger partial charge on any atom is 0.145 e. The Morgan fingerprint density at radius 1 is 1.35 bits per heavy atom. The third kappa shape index (κ3) is 2.96. The molecule has 0 saturated heterocycles. The van der Waals surface area contributed by atoms with E-state index in [1.165, 1.54) is 6.33 Å². The summed E-state index contributed by atoms with van der Waals surface area (Å²) < 4.78 is 7.07. The molecule has 2 rings (SSSR count). The zero-order valence-electron chi connectivity index (χ0n) is 10.7. The second-order valence-electron chi connectivity index (χ2n) is 3.36. The van der Waals surface area contributed by atoms with E-state index in [0.717, 1.165) is 23.1 Å². The van der Waals surface area contributed by atoms with Crippen molar-refractivity contribution < 1.29 is 4.74 Å². The Kier molecular flexibility index (Phi) is 5.38. The second kappa shape index (κ2) is 6.57. The third-order valence-corrected chi connectivity index (χ3v) is 2.62. The van der Waals surface area contributed by atoms with Gasteiger partial charge in [-0.05, 0) is 12.5 Å². The summed E-state index contributed by atoms with van der Waals surface area (Å²) >= 11 is 6.01. The molecule has 0 fully saturated rings. The molecule has 0 spiro atoms. The number of methoxy groups -OCH3 is 1. The largest absolute Gasteiger partial charge is 0.383 e. The topological polar surface area (TPSA) is 39.9 Å². The van der Waals surface area contributed by atoms with E-state index in [1.54, 1.807) is 7.11 Å². The van der Waals surface area contributed by atoms with Crippen molar-refractivity contribution in [3.05, 3.63) is 23.2 Å². The Morgan fingerprint density at radius 3 is 2.71 bits per heavy atom. The number of aryl methyl sites for hydroxylation is 1. The van der Waals surface area contributed by atoms with E-state index < -0.39 is 0 Å². The monoisotopic (exact) mass is 255 g/mol. The van der Waals surface area contributed by atoms with E-state index in [4.69, 9.17) is 16.3 Å². The molecule has 17 heavy (non-hydrogen) atoms. The molecule has 0 aliphatic rings. The molecule has 2 aromatic rings. The van der Waals surface area contributed by atoms with Gasteiger partial charge in [-0.25, -0.2) is 9.97 Å². The van der Waals surface area contributed by atoms with Gasteiger partial charge in [-0.2, -0.15) is 0 Å². The minimum Gasteiger partial charge on any atom is -0.383 e. The average Bonchev–Trinajstić information content (AvgIpc) is 2.68. The fourth-order valence-corrected chi connectivity index (χ4v) is 1.91. The second-order valence-corrected chi connectivity index (χ2v) is 3.72. The molecular formula is C12H18ClN3O. The van der Waals surface area contributed by atoms with Crippen LogP contribution in [-0.2, 0) is 11.3 Å². The smallest absolute Gasteiger partial charge is 0.145 e. The first-order valence-electron chi connectivity index (χ1n) is 5.69. The van der Waals surface area contributed by atoms with E-state index in [1.807, 2.05) is 31.5 Å². The molecule has 0 aliphatic heterocycles. The molecule has 2 aromatic heterocycles. The van der Waals surface area contributed by atoms with Crippen molar-refractivity contribution >= 4 is 22.6 Å². The van der Waals surface area contributed by atoms with Gasteiger partial charge in [-0.15, -0.1) is 0 Å². The highest BCUT2D eigenvalue weighted by Crippen LogP contribution is 2.24. The molecule has 0 bridgehead atoms. The zero-order chi connectivity index (χ0) is 12.8. The van der Waals surface area contributed by atoms with Crippen LogP contribution in [-0.4, -0.2) is 28.3 Å². The number of nitrogens with zero attached hydrogens (tertiary/aromatic N) is 3. The van der Waals surface area contributed by atoms with Crippen molar-refractivity contribution in [1.82, 2.24) is 14.5 Å². The van der Waals surface area contributed by atoms with Crippen LogP contribution >= 0.6 is 11.6 Å². The molecule has 0 amide bonds. The summed E-state index contributed by atoms with van der Waals surface area (Å²) in [5.74, 6) is 0. The van der Waals surface area contributed by atoms with Crippen LogP contribution in [0.5, 0.6) is 0 Å². The van der Waals surface area contributed by atoms with Crippen molar-refractivity contribution in [1.29, 1.82) is 0 Å². The first kappa shape index (κ1) is 13.9. The average molecular weight is 256 g/mol. The molecule has 0 N–H and O–H groups in total. The van der Waals surface area contributed by atoms with Crippen LogP contribution in [0.3, 0.4) is 0 Å². The van der Waals surface area contributed by atoms with E-state index in [-0.39, 0.29) is 0 Å². The normalized spacial score (nSPS) is 10.2. The van der Waals surface area contributed by atoms with Crippen LogP contribution in [0.1, 0.15) is 19.4 Å². The van der Waals surface area contributed by atoms with Crippen LogP contribution in [0.4, 0.5) is 0 Å². The molecule has 5 heteroatoms. The molecule has 0 saturated carbocycles. The maximum atomic E-state index is 6.01. The number of hydrogen-bond acceptors (Lipinski definition) is 3. The standard InChI is InChI=1S/C10H12ClN3O.C2H6/c1-7-5-14(3-4-15-2)10-8(7)9(11)12-6-13-10;1-2/h5-6H,3-4H2,1-2H3;1-2H3. The SMILES string of the molecule is CC.COCCn1cc(C)c2c(Cl)ncnc21. The fourth-order valence-electron chi connectivity index (χ4n) is 1.63. The molecule has 94 valence electrons. The van der Waals surface area contributed by atoms with Gasteiger partial charge in [-0.1, -0.05) is 25.4 Å². The van der Waals surface area contributed by atoms with E-state index in [9.17, 15) is 0 Å². The summed E-state index contributed by atoms with van der Waals surface area (Å²) in [6.07, 6.45) is 3.50. The number of rotatable bonds is 3. The quantitative estimate of drug-likeness (QED) is 0.792. The predicted octanol–water partition coefficient (Wildman–Crippen LogP) is 3.07. The van der Waals surface area contributed by atoms with Crippen molar-refractivity contribution in [2.24, 2.45) is 0 Å². The highest BCUT2D eigenvalue weighted by Gasteiger charge is 2.10. The van der Waals surface area contributed by atoms with Gasteiger partial charge in [-0.3, -0.25) is 0 Å². The van der Waals surface area contributed by atoms with Crippen molar-refractivity contribution in [3.63, 3.8) is 0 Å². The molecular weight excluding hydrogens is 238 g/mol. The van der Waals surface area contributed by atoms with Crippen molar-refractivity contribution in [3.8, 4) is 0 Å². The van der Waals surface area contributed by atoms with E-state index >= 15 is 0 Å². The highest BCUT2D eigenvalue weighted by molar-refractivity contribution is 6.34. The lowest BCUT2D eigenvalue weighted by molar-refractivity contribution is 0.188. The summed E-state index contributed by atoms with van der Waals surface area (Å²) in [6, 6.07) is 0. The van der Waals surface area contributed by atoms with Crippen LogP contribution in [0, 0.1) is 6.92 Å². The van der Waals surface area contributed by atoms with E-state index in [0.29, 0.717) is 11.8 Å². The Bertz CT molecular complexity index is 482. The predicted molar refractivity (Wildman–Crippen MR) is 70.5 cm³/mol. The number of ether oxygens (including phenoxy) is 1. The molecule has 4 nitrogen and oxygen atoms in total. The molecule has 0 aromatic carbocycles. The Morgan fingerprint density at radius 2 is 2.06 bits per heavy atom. The molecule has 0 unspecified atom stereocenters. The van der Waals surface area contributed by atoms with Crippen LogP contribution in [0.25, 0.3) is 11.0 Å².